The second-order valence-corrected chi connectivity index (χ2v) is 8.34. The fourth-order valence-electron chi connectivity index (χ4n) is 4.14. The normalized spacial score (nSPS) is 18.7. The minimum absolute atomic E-state index is 0.148. The summed E-state index contributed by atoms with van der Waals surface area (Å²) in [5.41, 5.74) is 3.08. The highest BCUT2D eigenvalue weighted by Gasteiger charge is 2.37. The van der Waals surface area contributed by atoms with Gasteiger partial charge in [0.1, 0.15) is 6.54 Å². The Labute approximate surface area is 176 Å². The van der Waals surface area contributed by atoms with Gasteiger partial charge in [-0.25, -0.2) is 0 Å². The molecule has 0 aliphatic carbocycles. The van der Waals surface area contributed by atoms with Gasteiger partial charge < -0.3 is 10.2 Å². The molecule has 0 saturated carbocycles. The minimum atomic E-state index is -0.388. The quantitative estimate of drug-likeness (QED) is 0.773. The van der Waals surface area contributed by atoms with Crippen molar-refractivity contribution in [2.45, 2.75) is 38.6 Å². The number of hydrogen-bond donors (Lipinski definition) is 1. The maximum atomic E-state index is 12.9. The Bertz CT molecular complexity index is 933. The Kier molecular flexibility index (Phi) is 5.57. The predicted octanol–water partition coefficient (Wildman–Crippen LogP) is 3.51. The highest BCUT2D eigenvalue weighted by atomic mass is 16.2. The van der Waals surface area contributed by atoms with Crippen molar-refractivity contribution >= 4 is 23.4 Å². The standard InChI is InChI=1S/C24H27N3O3/c1-16(2)17-9-11-18(12-10-17)25-19-6-5-13-26(14-19)22(28)15-27-23(29)20-7-3-4-8-21(20)24(27)30/h3-4,7-12,16,19,25H,5-6,13-15H2,1-2H3. The number of fused-ring (bicyclic) bond motifs is 1. The molecule has 1 saturated heterocycles. The minimum Gasteiger partial charge on any atom is -0.381 e. The summed E-state index contributed by atoms with van der Waals surface area (Å²) >= 11 is 0. The number of nitrogens with zero attached hydrogens (tertiary/aromatic N) is 2. The zero-order chi connectivity index (χ0) is 21.3. The summed E-state index contributed by atoms with van der Waals surface area (Å²) in [6, 6.07) is 15.3. The summed E-state index contributed by atoms with van der Waals surface area (Å²) in [6.07, 6.45) is 1.86. The summed E-state index contributed by atoms with van der Waals surface area (Å²) in [7, 11) is 0. The molecule has 1 fully saturated rings. The van der Waals surface area contributed by atoms with E-state index < -0.39 is 0 Å². The molecule has 2 aliphatic heterocycles. The van der Waals surface area contributed by atoms with E-state index in [4.69, 9.17) is 0 Å². The van der Waals surface area contributed by atoms with Crippen LogP contribution < -0.4 is 5.32 Å². The number of anilines is 1. The first-order valence-corrected chi connectivity index (χ1v) is 10.5. The van der Waals surface area contributed by atoms with E-state index in [1.54, 1.807) is 29.2 Å². The number of rotatable bonds is 5. The molecule has 4 rings (SSSR count). The SMILES string of the molecule is CC(C)c1ccc(NC2CCCN(C(=O)CN3C(=O)c4ccccc4C3=O)C2)cc1. The molecular formula is C24H27N3O3. The molecule has 3 amide bonds. The van der Waals surface area contributed by atoms with E-state index in [9.17, 15) is 14.4 Å². The van der Waals surface area contributed by atoms with Crippen LogP contribution in [0.25, 0.3) is 0 Å². The Hall–Kier alpha value is -3.15. The second kappa shape index (κ2) is 8.30. The van der Waals surface area contributed by atoms with E-state index in [1.807, 2.05) is 0 Å². The molecule has 2 aliphatic rings. The van der Waals surface area contributed by atoms with Gasteiger partial charge in [-0.2, -0.15) is 0 Å². The van der Waals surface area contributed by atoms with Crippen LogP contribution in [0.15, 0.2) is 48.5 Å². The number of benzene rings is 2. The number of likely N-dealkylation sites (tertiary alicyclic amines) is 1. The fourth-order valence-corrected chi connectivity index (χ4v) is 4.14. The molecule has 1 atom stereocenters. The van der Waals surface area contributed by atoms with Gasteiger partial charge in [0.05, 0.1) is 11.1 Å². The molecule has 30 heavy (non-hydrogen) atoms. The second-order valence-electron chi connectivity index (χ2n) is 8.34. The lowest BCUT2D eigenvalue weighted by atomic mass is 10.0. The number of piperidine rings is 1. The van der Waals surface area contributed by atoms with Gasteiger partial charge in [-0.05, 0) is 48.6 Å². The smallest absolute Gasteiger partial charge is 0.262 e. The molecule has 2 aromatic rings. The topological polar surface area (TPSA) is 69.7 Å². The van der Waals surface area contributed by atoms with Gasteiger partial charge in [0, 0.05) is 24.8 Å². The van der Waals surface area contributed by atoms with Gasteiger partial charge in [0.15, 0.2) is 0 Å². The van der Waals surface area contributed by atoms with Crippen LogP contribution in [0.3, 0.4) is 0 Å². The van der Waals surface area contributed by atoms with Crippen LogP contribution in [0.1, 0.15) is 58.9 Å². The maximum Gasteiger partial charge on any atom is 0.262 e. The van der Waals surface area contributed by atoms with Crippen molar-refractivity contribution in [1.29, 1.82) is 0 Å². The van der Waals surface area contributed by atoms with Gasteiger partial charge >= 0.3 is 0 Å². The van der Waals surface area contributed by atoms with E-state index in [1.165, 1.54) is 5.56 Å². The Balaban J connectivity index is 1.37. The molecule has 0 aromatic heterocycles. The Morgan fingerprint density at radius 2 is 1.67 bits per heavy atom. The van der Waals surface area contributed by atoms with Gasteiger partial charge in [0.25, 0.3) is 11.8 Å². The van der Waals surface area contributed by atoms with Crippen molar-refractivity contribution in [1.82, 2.24) is 9.80 Å². The van der Waals surface area contributed by atoms with E-state index in [-0.39, 0.29) is 30.3 Å². The largest absolute Gasteiger partial charge is 0.381 e. The third-order valence-electron chi connectivity index (χ3n) is 5.89. The first-order chi connectivity index (χ1) is 14.4. The van der Waals surface area contributed by atoms with E-state index in [0.29, 0.717) is 30.1 Å². The Morgan fingerprint density at radius 1 is 1.03 bits per heavy atom. The molecular weight excluding hydrogens is 378 g/mol. The van der Waals surface area contributed by atoms with E-state index in [2.05, 4.69) is 43.4 Å². The first-order valence-electron chi connectivity index (χ1n) is 10.5. The van der Waals surface area contributed by atoms with Crippen molar-refractivity contribution in [3.05, 3.63) is 65.2 Å². The van der Waals surface area contributed by atoms with Crippen molar-refractivity contribution in [3.63, 3.8) is 0 Å². The van der Waals surface area contributed by atoms with Crippen LogP contribution in [0, 0.1) is 0 Å². The average Bonchev–Trinajstić information content (AvgIpc) is 2.99. The molecule has 0 spiro atoms. The lowest BCUT2D eigenvalue weighted by molar-refractivity contribution is -0.132. The van der Waals surface area contributed by atoms with E-state index >= 15 is 0 Å². The van der Waals surface area contributed by atoms with Crippen LogP contribution in [0.4, 0.5) is 5.69 Å². The summed E-state index contributed by atoms with van der Waals surface area (Å²) in [6.45, 7) is 5.34. The fraction of sp³-hybridized carbons (Fsp3) is 0.375. The molecule has 2 heterocycles. The molecule has 1 N–H and O–H groups in total. The van der Waals surface area contributed by atoms with Gasteiger partial charge in [-0.1, -0.05) is 38.1 Å². The van der Waals surface area contributed by atoms with Crippen LogP contribution in [0.5, 0.6) is 0 Å². The van der Waals surface area contributed by atoms with Crippen molar-refractivity contribution in [2.24, 2.45) is 0 Å². The van der Waals surface area contributed by atoms with Crippen LogP contribution in [0.2, 0.25) is 0 Å². The zero-order valence-electron chi connectivity index (χ0n) is 17.4. The number of nitrogens with one attached hydrogen (secondary N) is 1. The highest BCUT2D eigenvalue weighted by Crippen LogP contribution is 2.23. The van der Waals surface area contributed by atoms with Crippen LogP contribution in [-0.2, 0) is 4.79 Å². The number of carbonyl (C=O) groups is 3. The number of amides is 3. The lowest BCUT2D eigenvalue weighted by Gasteiger charge is -2.34. The summed E-state index contributed by atoms with van der Waals surface area (Å²) < 4.78 is 0. The van der Waals surface area contributed by atoms with Gasteiger partial charge in [-0.3, -0.25) is 19.3 Å². The molecule has 2 aromatic carbocycles. The molecule has 156 valence electrons. The third kappa shape index (κ3) is 3.95. The zero-order valence-corrected chi connectivity index (χ0v) is 17.4. The highest BCUT2D eigenvalue weighted by molar-refractivity contribution is 6.22. The summed E-state index contributed by atoms with van der Waals surface area (Å²) in [5, 5.41) is 3.52. The maximum absolute atomic E-state index is 12.9. The number of hydrogen-bond acceptors (Lipinski definition) is 4. The molecule has 0 bridgehead atoms. The summed E-state index contributed by atoms with van der Waals surface area (Å²) in [4.78, 5) is 40.7. The molecule has 1 unspecified atom stereocenters. The molecule has 6 nitrogen and oxygen atoms in total. The first kappa shape index (κ1) is 20.1. The molecule has 0 radical (unpaired) electrons. The average molecular weight is 405 g/mol. The van der Waals surface area contributed by atoms with Crippen molar-refractivity contribution in [3.8, 4) is 0 Å². The number of imide groups is 1. The van der Waals surface area contributed by atoms with Crippen LogP contribution in [-0.4, -0.2) is 53.2 Å². The van der Waals surface area contributed by atoms with Crippen LogP contribution >= 0.6 is 0 Å². The lowest BCUT2D eigenvalue weighted by Crippen LogP contribution is -2.49. The molecule has 6 heteroatoms. The van der Waals surface area contributed by atoms with E-state index in [0.717, 1.165) is 23.4 Å². The monoisotopic (exact) mass is 405 g/mol. The summed E-state index contributed by atoms with van der Waals surface area (Å²) in [5.74, 6) is -0.475. The van der Waals surface area contributed by atoms with Crippen molar-refractivity contribution < 1.29 is 14.4 Å². The number of carbonyl (C=O) groups excluding carboxylic acids is 3. The van der Waals surface area contributed by atoms with Crippen molar-refractivity contribution in [2.75, 3.05) is 25.0 Å². The predicted molar refractivity (Wildman–Crippen MR) is 116 cm³/mol. The third-order valence-corrected chi connectivity index (χ3v) is 5.89. The van der Waals surface area contributed by atoms with Gasteiger partial charge in [-0.15, -0.1) is 0 Å². The van der Waals surface area contributed by atoms with Gasteiger partial charge in [0.2, 0.25) is 5.91 Å². The Morgan fingerprint density at radius 3 is 2.27 bits per heavy atom.